The molecule has 2 rings (SSSR count). The van der Waals surface area contributed by atoms with E-state index in [1.165, 1.54) is 0 Å². The number of nitrogens with zero attached hydrogens (tertiary/aromatic N) is 2. The van der Waals surface area contributed by atoms with Gasteiger partial charge in [0.05, 0.1) is 0 Å². The first-order valence-corrected chi connectivity index (χ1v) is 6.43. The number of likely N-dealkylation sites (N-methyl/N-ethyl adjacent to an activating group) is 1. The highest BCUT2D eigenvalue weighted by molar-refractivity contribution is 5.94. The Morgan fingerprint density at radius 2 is 1.94 bits per heavy atom. The summed E-state index contributed by atoms with van der Waals surface area (Å²) in [4.78, 5) is 16.5. The molecule has 1 heterocycles. The summed E-state index contributed by atoms with van der Waals surface area (Å²) in [6.07, 6.45) is 0. The first-order valence-electron chi connectivity index (χ1n) is 6.43. The molecule has 1 N–H and O–H groups in total. The van der Waals surface area contributed by atoms with Crippen LogP contribution in [-0.4, -0.2) is 53.5 Å². The van der Waals surface area contributed by atoms with Crippen LogP contribution in [0.1, 0.15) is 22.8 Å². The van der Waals surface area contributed by atoms with E-state index in [0.717, 1.165) is 38.3 Å². The Bertz CT molecular complexity index is 437. The van der Waals surface area contributed by atoms with E-state index >= 15 is 0 Å². The van der Waals surface area contributed by atoms with E-state index in [-0.39, 0.29) is 11.7 Å². The number of hydrogen-bond donors (Lipinski definition) is 1. The van der Waals surface area contributed by atoms with E-state index in [2.05, 4.69) is 11.8 Å². The SMILES string of the molecule is CCN1CCN(C(=O)c2ccc(O)c(C)c2)CC1. The Balaban J connectivity index is 2.05. The lowest BCUT2D eigenvalue weighted by Gasteiger charge is -2.34. The van der Waals surface area contributed by atoms with E-state index in [0.29, 0.717) is 5.56 Å². The van der Waals surface area contributed by atoms with Crippen LogP contribution in [0.15, 0.2) is 18.2 Å². The van der Waals surface area contributed by atoms with Crippen LogP contribution < -0.4 is 0 Å². The van der Waals surface area contributed by atoms with Crippen molar-refractivity contribution in [2.75, 3.05) is 32.7 Å². The van der Waals surface area contributed by atoms with Crippen molar-refractivity contribution in [3.8, 4) is 5.75 Å². The van der Waals surface area contributed by atoms with Crippen molar-refractivity contribution in [3.63, 3.8) is 0 Å². The fourth-order valence-electron chi connectivity index (χ4n) is 2.24. The highest BCUT2D eigenvalue weighted by Gasteiger charge is 2.21. The molecule has 1 aromatic carbocycles. The number of amides is 1. The van der Waals surface area contributed by atoms with Gasteiger partial charge in [0.1, 0.15) is 5.75 Å². The van der Waals surface area contributed by atoms with Gasteiger partial charge in [-0.1, -0.05) is 6.92 Å². The molecule has 1 fully saturated rings. The molecule has 0 spiro atoms. The molecule has 1 aliphatic rings. The number of aromatic hydroxyl groups is 1. The third-order valence-electron chi connectivity index (χ3n) is 3.55. The number of carbonyl (C=O) groups is 1. The fraction of sp³-hybridized carbons (Fsp3) is 0.500. The van der Waals surface area contributed by atoms with Crippen LogP contribution in [-0.2, 0) is 0 Å². The highest BCUT2D eigenvalue weighted by atomic mass is 16.3. The molecule has 0 aliphatic carbocycles. The highest BCUT2D eigenvalue weighted by Crippen LogP contribution is 2.18. The van der Waals surface area contributed by atoms with Crippen LogP contribution >= 0.6 is 0 Å². The van der Waals surface area contributed by atoms with Gasteiger partial charge in [-0.2, -0.15) is 0 Å². The van der Waals surface area contributed by atoms with Gasteiger partial charge >= 0.3 is 0 Å². The van der Waals surface area contributed by atoms with Crippen molar-refractivity contribution in [2.24, 2.45) is 0 Å². The summed E-state index contributed by atoms with van der Waals surface area (Å²) < 4.78 is 0. The average Bonchev–Trinajstić information content (AvgIpc) is 2.41. The molecule has 0 bridgehead atoms. The maximum atomic E-state index is 12.3. The third-order valence-corrected chi connectivity index (χ3v) is 3.55. The zero-order valence-corrected chi connectivity index (χ0v) is 11.0. The van der Waals surface area contributed by atoms with Crippen molar-refractivity contribution in [1.29, 1.82) is 0 Å². The Hall–Kier alpha value is -1.55. The summed E-state index contributed by atoms with van der Waals surface area (Å²) in [5.74, 6) is 0.302. The van der Waals surface area contributed by atoms with Crippen molar-refractivity contribution in [1.82, 2.24) is 9.80 Å². The summed E-state index contributed by atoms with van der Waals surface area (Å²) in [6.45, 7) is 8.44. The van der Waals surface area contributed by atoms with Gasteiger partial charge in [0.2, 0.25) is 0 Å². The van der Waals surface area contributed by atoms with E-state index in [9.17, 15) is 9.90 Å². The number of rotatable bonds is 2. The Kier molecular flexibility index (Phi) is 3.87. The van der Waals surface area contributed by atoms with Gasteiger partial charge in [0, 0.05) is 31.7 Å². The minimum absolute atomic E-state index is 0.0638. The summed E-state index contributed by atoms with van der Waals surface area (Å²) >= 11 is 0. The fourth-order valence-corrected chi connectivity index (χ4v) is 2.24. The van der Waals surface area contributed by atoms with E-state index in [4.69, 9.17) is 0 Å². The smallest absolute Gasteiger partial charge is 0.253 e. The summed E-state index contributed by atoms with van der Waals surface area (Å²) in [5.41, 5.74) is 1.41. The minimum atomic E-state index is 0.0638. The minimum Gasteiger partial charge on any atom is -0.508 e. The predicted octanol–water partition coefficient (Wildman–Crippen LogP) is 1.48. The molecular weight excluding hydrogens is 228 g/mol. The van der Waals surface area contributed by atoms with Gasteiger partial charge in [0.15, 0.2) is 0 Å². The van der Waals surface area contributed by atoms with Gasteiger partial charge in [-0.05, 0) is 37.2 Å². The van der Waals surface area contributed by atoms with Crippen molar-refractivity contribution >= 4 is 5.91 Å². The number of phenols is 1. The largest absolute Gasteiger partial charge is 0.508 e. The van der Waals surface area contributed by atoms with Crippen LogP contribution in [0.25, 0.3) is 0 Å². The molecule has 0 atom stereocenters. The summed E-state index contributed by atoms with van der Waals surface area (Å²) in [7, 11) is 0. The number of benzene rings is 1. The molecule has 1 saturated heterocycles. The normalized spacial score (nSPS) is 16.9. The maximum absolute atomic E-state index is 12.3. The van der Waals surface area contributed by atoms with Crippen LogP contribution in [0.4, 0.5) is 0 Å². The molecule has 0 unspecified atom stereocenters. The average molecular weight is 248 g/mol. The summed E-state index contributed by atoms with van der Waals surface area (Å²) in [5, 5.41) is 9.47. The summed E-state index contributed by atoms with van der Waals surface area (Å²) in [6, 6.07) is 5.03. The quantitative estimate of drug-likeness (QED) is 0.862. The number of carbonyl (C=O) groups excluding carboxylic acids is 1. The first kappa shape index (κ1) is 12.9. The molecule has 1 aromatic rings. The van der Waals surface area contributed by atoms with Crippen LogP contribution in [0.3, 0.4) is 0 Å². The Morgan fingerprint density at radius 1 is 1.28 bits per heavy atom. The molecule has 4 nitrogen and oxygen atoms in total. The Morgan fingerprint density at radius 3 is 2.50 bits per heavy atom. The number of piperazine rings is 1. The van der Waals surface area contributed by atoms with Gasteiger partial charge < -0.3 is 14.9 Å². The second kappa shape index (κ2) is 5.40. The van der Waals surface area contributed by atoms with Gasteiger partial charge in [-0.15, -0.1) is 0 Å². The van der Waals surface area contributed by atoms with E-state index in [1.54, 1.807) is 25.1 Å². The molecule has 18 heavy (non-hydrogen) atoms. The van der Waals surface area contributed by atoms with Crippen LogP contribution in [0.2, 0.25) is 0 Å². The van der Waals surface area contributed by atoms with Crippen LogP contribution in [0, 0.1) is 6.92 Å². The molecule has 98 valence electrons. The molecule has 1 aliphatic heterocycles. The predicted molar refractivity (Wildman–Crippen MR) is 70.9 cm³/mol. The maximum Gasteiger partial charge on any atom is 0.253 e. The zero-order valence-electron chi connectivity index (χ0n) is 11.0. The number of hydrogen-bond acceptors (Lipinski definition) is 3. The van der Waals surface area contributed by atoms with E-state index < -0.39 is 0 Å². The molecular formula is C14H20N2O2. The first-order chi connectivity index (χ1) is 8.61. The number of aryl methyl sites for hydroxylation is 1. The Labute approximate surface area is 108 Å². The van der Waals surface area contributed by atoms with Crippen molar-refractivity contribution in [3.05, 3.63) is 29.3 Å². The number of phenolic OH excluding ortho intramolecular Hbond substituents is 1. The van der Waals surface area contributed by atoms with Crippen LogP contribution in [0.5, 0.6) is 5.75 Å². The second-order valence-corrected chi connectivity index (χ2v) is 4.73. The lowest BCUT2D eigenvalue weighted by Crippen LogP contribution is -2.48. The van der Waals surface area contributed by atoms with E-state index in [1.807, 2.05) is 4.90 Å². The molecule has 0 aromatic heterocycles. The lowest BCUT2D eigenvalue weighted by molar-refractivity contribution is 0.0643. The van der Waals surface area contributed by atoms with Crippen molar-refractivity contribution < 1.29 is 9.90 Å². The molecule has 0 radical (unpaired) electrons. The van der Waals surface area contributed by atoms with Gasteiger partial charge in [-0.25, -0.2) is 0 Å². The van der Waals surface area contributed by atoms with Gasteiger partial charge in [0.25, 0.3) is 5.91 Å². The lowest BCUT2D eigenvalue weighted by atomic mass is 10.1. The molecule has 0 saturated carbocycles. The topological polar surface area (TPSA) is 43.8 Å². The molecule has 1 amide bonds. The molecule has 4 heteroatoms. The van der Waals surface area contributed by atoms with Crippen molar-refractivity contribution in [2.45, 2.75) is 13.8 Å². The standard InChI is InChI=1S/C14H20N2O2/c1-3-15-6-8-16(9-7-15)14(18)12-4-5-13(17)11(2)10-12/h4-5,10,17H,3,6-9H2,1-2H3. The second-order valence-electron chi connectivity index (χ2n) is 4.73. The third kappa shape index (κ3) is 2.64. The zero-order chi connectivity index (χ0) is 13.1. The van der Waals surface area contributed by atoms with Gasteiger partial charge in [-0.3, -0.25) is 4.79 Å². The monoisotopic (exact) mass is 248 g/mol.